The van der Waals surface area contributed by atoms with Crippen molar-refractivity contribution in [3.63, 3.8) is 0 Å². The van der Waals surface area contributed by atoms with Crippen LogP contribution in [0.3, 0.4) is 0 Å². The number of anilines is 3. The summed E-state index contributed by atoms with van der Waals surface area (Å²) in [4.78, 5) is 2.50. The maximum absolute atomic E-state index is 2.50. The summed E-state index contributed by atoms with van der Waals surface area (Å²) in [6.45, 7) is 4.74. The lowest BCUT2D eigenvalue weighted by Gasteiger charge is -2.31. The number of rotatable bonds is 10. The molecule has 1 aromatic heterocycles. The molecule has 2 nitrogen and oxygen atoms in total. The minimum atomic E-state index is -0.157. The van der Waals surface area contributed by atoms with Gasteiger partial charge in [-0.25, -0.2) is 0 Å². The highest BCUT2D eigenvalue weighted by molar-refractivity contribution is 6.11. The number of benzene rings is 13. The van der Waals surface area contributed by atoms with Crippen LogP contribution < -0.4 is 4.90 Å². The lowest BCUT2D eigenvalue weighted by atomic mass is 9.82. The largest absolute Gasteiger partial charge is 0.309 e. The number of para-hydroxylation sites is 2. The molecule has 0 atom stereocenters. The van der Waals surface area contributed by atoms with Crippen molar-refractivity contribution in [1.82, 2.24) is 4.57 Å². The van der Waals surface area contributed by atoms with Gasteiger partial charge in [-0.05, 0) is 150 Å². The molecular formula is C79H56N2. The van der Waals surface area contributed by atoms with Crippen molar-refractivity contribution >= 4 is 49.6 Å². The van der Waals surface area contributed by atoms with Gasteiger partial charge in [-0.2, -0.15) is 0 Å². The first-order chi connectivity index (χ1) is 39.9. The van der Waals surface area contributed by atoms with Gasteiger partial charge in [0.25, 0.3) is 0 Å². The molecule has 1 aliphatic rings. The van der Waals surface area contributed by atoms with Crippen LogP contribution in [0.25, 0.3) is 116 Å². The molecule has 15 rings (SSSR count). The number of hydrogen-bond acceptors (Lipinski definition) is 1. The van der Waals surface area contributed by atoms with Crippen LogP contribution in [-0.2, 0) is 5.41 Å². The fraction of sp³-hybridized carbons (Fsp3) is 0.0380. The summed E-state index contributed by atoms with van der Waals surface area (Å²) in [7, 11) is 0. The number of nitrogens with zero attached hydrogens (tertiary/aromatic N) is 2. The van der Waals surface area contributed by atoms with Crippen molar-refractivity contribution in [2.75, 3.05) is 4.90 Å². The van der Waals surface area contributed by atoms with E-state index < -0.39 is 0 Å². The normalized spacial score (nSPS) is 12.4. The molecule has 1 aliphatic carbocycles. The molecule has 0 saturated carbocycles. The molecule has 0 fully saturated rings. The van der Waals surface area contributed by atoms with Crippen LogP contribution in [0.2, 0.25) is 0 Å². The average molecular weight is 1030 g/mol. The molecule has 0 N–H and O–H groups in total. The van der Waals surface area contributed by atoms with Gasteiger partial charge in [0.15, 0.2) is 0 Å². The Bertz CT molecular complexity index is 4590. The topological polar surface area (TPSA) is 8.17 Å². The van der Waals surface area contributed by atoms with E-state index >= 15 is 0 Å². The van der Waals surface area contributed by atoms with Gasteiger partial charge in [-0.1, -0.05) is 257 Å². The van der Waals surface area contributed by atoms with E-state index in [9.17, 15) is 0 Å². The van der Waals surface area contributed by atoms with E-state index in [-0.39, 0.29) is 5.41 Å². The smallest absolute Gasteiger partial charge is 0.0541 e. The Kier molecular flexibility index (Phi) is 11.6. The molecule has 0 spiro atoms. The Morgan fingerprint density at radius 1 is 0.272 bits per heavy atom. The quantitative estimate of drug-likeness (QED) is 0.133. The minimum absolute atomic E-state index is 0.157. The third kappa shape index (κ3) is 8.26. The fourth-order valence-corrected chi connectivity index (χ4v) is 13.0. The van der Waals surface area contributed by atoms with Crippen LogP contribution in [0.4, 0.5) is 17.1 Å². The van der Waals surface area contributed by atoms with Gasteiger partial charge >= 0.3 is 0 Å². The molecule has 0 amide bonds. The maximum Gasteiger partial charge on any atom is 0.0541 e. The molecule has 0 radical (unpaired) electrons. The van der Waals surface area contributed by atoms with Gasteiger partial charge in [0.05, 0.1) is 22.4 Å². The van der Waals surface area contributed by atoms with E-state index in [2.05, 4.69) is 327 Å². The van der Waals surface area contributed by atoms with Crippen LogP contribution in [0.1, 0.15) is 25.0 Å². The molecule has 0 aliphatic heterocycles. The summed E-state index contributed by atoms with van der Waals surface area (Å²) in [5.74, 6) is 0. The summed E-state index contributed by atoms with van der Waals surface area (Å²) in [6, 6.07) is 112. The molecule has 2 heteroatoms. The Hall–Kier alpha value is -10.3. The standard InChI is InChI=1S/C79H56N2/c1-79(2)73-32-16-13-29-68(73)69-46-45-63(52-74(69)79)80(75-35-19-25-59-24-9-10-27-66(59)75)76-33-17-14-30-70(76)67-28-12-11-26-65(67)60-44-47-78-72(51-60)71-31-15-18-34-77(71)81(78)64-49-61(57-40-36-55(37-41-57)53-20-5-3-6-21-53)48-62(50-64)58-42-38-56(39-43-58)54-22-7-4-8-23-54/h3-52H,1-2H3. The van der Waals surface area contributed by atoms with Crippen LogP contribution in [0.15, 0.2) is 303 Å². The second kappa shape index (κ2) is 19.6. The van der Waals surface area contributed by atoms with Crippen molar-refractivity contribution in [2.24, 2.45) is 0 Å². The van der Waals surface area contributed by atoms with Crippen molar-refractivity contribution in [3.8, 4) is 83.6 Å². The van der Waals surface area contributed by atoms with Crippen LogP contribution >= 0.6 is 0 Å². The van der Waals surface area contributed by atoms with Crippen LogP contribution in [0, 0.1) is 0 Å². The highest BCUT2D eigenvalue weighted by Gasteiger charge is 2.36. The maximum atomic E-state index is 2.50. The van der Waals surface area contributed by atoms with Gasteiger partial charge in [-0.3, -0.25) is 0 Å². The summed E-state index contributed by atoms with van der Waals surface area (Å²) < 4.78 is 2.47. The second-order valence-electron chi connectivity index (χ2n) is 22.0. The van der Waals surface area contributed by atoms with Crippen LogP contribution in [-0.4, -0.2) is 4.57 Å². The van der Waals surface area contributed by atoms with E-state index in [4.69, 9.17) is 0 Å². The minimum Gasteiger partial charge on any atom is -0.309 e. The zero-order chi connectivity index (χ0) is 54.0. The van der Waals surface area contributed by atoms with Gasteiger partial charge in [0.2, 0.25) is 0 Å². The number of aromatic nitrogens is 1. The van der Waals surface area contributed by atoms with Crippen molar-refractivity contribution in [3.05, 3.63) is 314 Å². The molecule has 81 heavy (non-hydrogen) atoms. The molecule has 0 unspecified atom stereocenters. The first-order valence-corrected chi connectivity index (χ1v) is 28.1. The molecule has 14 aromatic rings. The van der Waals surface area contributed by atoms with E-state index in [0.717, 1.165) is 56.0 Å². The molecular weight excluding hydrogens is 977 g/mol. The van der Waals surface area contributed by atoms with E-state index in [1.807, 2.05) is 0 Å². The van der Waals surface area contributed by atoms with Gasteiger partial charge in [-0.15, -0.1) is 0 Å². The number of fused-ring (bicyclic) bond motifs is 7. The summed E-state index contributed by atoms with van der Waals surface area (Å²) >= 11 is 0. The van der Waals surface area contributed by atoms with Crippen molar-refractivity contribution in [2.45, 2.75) is 19.3 Å². The summed E-state index contributed by atoms with van der Waals surface area (Å²) in [5.41, 5.74) is 26.2. The predicted molar refractivity (Wildman–Crippen MR) is 343 cm³/mol. The zero-order valence-corrected chi connectivity index (χ0v) is 45.3. The Morgan fingerprint density at radius 2 is 0.753 bits per heavy atom. The SMILES string of the molecule is CC1(C)c2ccccc2-c2ccc(N(c3ccccc3-c3ccccc3-c3ccc4c(c3)c3ccccc3n4-c3cc(-c4ccc(-c5ccccc5)cc4)cc(-c4ccc(-c5ccccc5)cc4)c3)c3cccc4ccccc34)cc21. The fourth-order valence-electron chi connectivity index (χ4n) is 13.0. The van der Waals surface area contributed by atoms with Crippen molar-refractivity contribution < 1.29 is 0 Å². The third-order valence-corrected chi connectivity index (χ3v) is 17.0. The Balaban J connectivity index is 0.877. The molecule has 1 heterocycles. The zero-order valence-electron chi connectivity index (χ0n) is 45.3. The highest BCUT2D eigenvalue weighted by Crippen LogP contribution is 2.52. The predicted octanol–water partition coefficient (Wildman–Crippen LogP) is 21.7. The summed E-state index contributed by atoms with van der Waals surface area (Å²) in [5, 5.41) is 4.82. The van der Waals surface area contributed by atoms with Gasteiger partial charge in [0, 0.05) is 38.5 Å². The lowest BCUT2D eigenvalue weighted by Crippen LogP contribution is -2.17. The lowest BCUT2D eigenvalue weighted by molar-refractivity contribution is 0.660. The summed E-state index contributed by atoms with van der Waals surface area (Å²) in [6.07, 6.45) is 0. The monoisotopic (exact) mass is 1030 g/mol. The Morgan fingerprint density at radius 3 is 1.44 bits per heavy atom. The van der Waals surface area contributed by atoms with Crippen molar-refractivity contribution in [1.29, 1.82) is 0 Å². The second-order valence-corrected chi connectivity index (χ2v) is 22.0. The highest BCUT2D eigenvalue weighted by atomic mass is 15.1. The van der Waals surface area contributed by atoms with E-state index in [1.54, 1.807) is 0 Å². The first-order valence-electron chi connectivity index (χ1n) is 28.1. The van der Waals surface area contributed by atoms with Gasteiger partial charge in [0.1, 0.15) is 0 Å². The Labute approximate surface area is 473 Å². The average Bonchev–Trinajstić information content (AvgIpc) is 4.12. The van der Waals surface area contributed by atoms with E-state index in [0.29, 0.717) is 0 Å². The van der Waals surface area contributed by atoms with E-state index in [1.165, 1.54) is 88.3 Å². The van der Waals surface area contributed by atoms with Gasteiger partial charge < -0.3 is 9.47 Å². The molecule has 0 bridgehead atoms. The molecule has 382 valence electrons. The molecule has 13 aromatic carbocycles. The third-order valence-electron chi connectivity index (χ3n) is 17.0. The first kappa shape index (κ1) is 47.9. The molecule has 0 saturated heterocycles. The number of hydrogen-bond donors (Lipinski definition) is 0. The van der Waals surface area contributed by atoms with Crippen LogP contribution in [0.5, 0.6) is 0 Å².